The van der Waals surface area contributed by atoms with Gasteiger partial charge in [-0.3, -0.25) is 0 Å². The largest absolute Gasteiger partial charge is 0.184 e. The number of nitriles is 2. The Kier molecular flexibility index (Phi) is 13.7. The van der Waals surface area contributed by atoms with E-state index in [9.17, 15) is 0 Å². The number of thioether (sulfide) groups is 1. The van der Waals surface area contributed by atoms with E-state index in [0.717, 1.165) is 0 Å². The predicted octanol–water partition coefficient (Wildman–Crippen LogP) is 0.679. The van der Waals surface area contributed by atoms with Crippen molar-refractivity contribution >= 4 is 11.8 Å². The molecule has 1 radical (unpaired) electrons. The van der Waals surface area contributed by atoms with Crippen LogP contribution in [0.1, 0.15) is 0 Å². The van der Waals surface area contributed by atoms with E-state index in [0.29, 0.717) is 11.8 Å². The molecule has 0 unspecified atom stereocenters. The molecule has 0 spiro atoms. The molecule has 0 saturated heterocycles. The van der Waals surface area contributed by atoms with Crippen molar-refractivity contribution in [1.82, 2.24) is 0 Å². The maximum atomic E-state index is 7.56. The number of thiocyanates is 2. The van der Waals surface area contributed by atoms with Crippen LogP contribution in [0.15, 0.2) is 0 Å². The van der Waals surface area contributed by atoms with Gasteiger partial charge in [-0.1, -0.05) is 0 Å². The molecule has 35 valence electrons. The number of rotatable bonds is 0. The SMILES string of the molecule is N#CSC#N.[Cu]. The average Bonchev–Trinajstić information content (AvgIpc) is 1.41. The van der Waals surface area contributed by atoms with Crippen LogP contribution in [-0.2, 0) is 17.1 Å². The smallest absolute Gasteiger partial charge is 0.149 e. The van der Waals surface area contributed by atoms with Crippen LogP contribution in [0.4, 0.5) is 0 Å². The molecule has 0 aromatic carbocycles. The van der Waals surface area contributed by atoms with Gasteiger partial charge in [0.25, 0.3) is 0 Å². The summed E-state index contributed by atoms with van der Waals surface area (Å²) >= 11 is 0.574. The van der Waals surface area contributed by atoms with Gasteiger partial charge in [0, 0.05) is 17.1 Å². The summed E-state index contributed by atoms with van der Waals surface area (Å²) in [5.41, 5.74) is 0. The van der Waals surface area contributed by atoms with Gasteiger partial charge in [-0.25, -0.2) is 0 Å². The van der Waals surface area contributed by atoms with E-state index >= 15 is 0 Å². The molecule has 0 fully saturated rings. The maximum absolute atomic E-state index is 7.56. The summed E-state index contributed by atoms with van der Waals surface area (Å²) in [7, 11) is 0. The third kappa shape index (κ3) is 9.14. The molecule has 0 rings (SSSR count). The Morgan fingerprint density at radius 3 is 1.50 bits per heavy atom. The van der Waals surface area contributed by atoms with E-state index in [-0.39, 0.29) is 17.1 Å². The molecule has 0 saturated carbocycles. The molecule has 0 aliphatic rings. The average molecular weight is 148 g/mol. The number of nitrogens with zero attached hydrogens (tertiary/aromatic N) is 2. The van der Waals surface area contributed by atoms with Crippen molar-refractivity contribution in [3.8, 4) is 10.8 Å². The van der Waals surface area contributed by atoms with Crippen molar-refractivity contribution in [3.05, 3.63) is 0 Å². The van der Waals surface area contributed by atoms with Gasteiger partial charge in [-0.05, 0) is 0 Å². The second kappa shape index (κ2) is 8.85. The van der Waals surface area contributed by atoms with E-state index in [1.165, 1.54) is 0 Å². The molecule has 0 heterocycles. The summed E-state index contributed by atoms with van der Waals surface area (Å²) in [6.07, 6.45) is 0. The zero-order chi connectivity index (χ0) is 4.12. The van der Waals surface area contributed by atoms with Gasteiger partial charge in [0.1, 0.15) is 10.8 Å². The summed E-state index contributed by atoms with van der Waals surface area (Å²) < 4.78 is 0. The second-order valence-corrected chi connectivity index (χ2v) is 0.854. The standard InChI is InChI=1S/C2N2S.Cu/c3-1-5-2-4;. The van der Waals surface area contributed by atoms with E-state index in [1.54, 1.807) is 10.8 Å². The summed E-state index contributed by atoms with van der Waals surface area (Å²) in [6.45, 7) is 0. The molecule has 2 nitrogen and oxygen atoms in total. The van der Waals surface area contributed by atoms with Gasteiger partial charge >= 0.3 is 0 Å². The van der Waals surface area contributed by atoms with Crippen molar-refractivity contribution in [1.29, 1.82) is 10.5 Å². The monoisotopic (exact) mass is 147 g/mol. The van der Waals surface area contributed by atoms with E-state index < -0.39 is 0 Å². The third-order valence-electron chi connectivity index (χ3n) is 0.0913. The molecular formula is C2CuN2S. The van der Waals surface area contributed by atoms with E-state index in [2.05, 4.69) is 0 Å². The van der Waals surface area contributed by atoms with Crippen LogP contribution in [0.5, 0.6) is 0 Å². The molecule has 0 amide bonds. The van der Waals surface area contributed by atoms with E-state index in [1.807, 2.05) is 0 Å². The van der Waals surface area contributed by atoms with Crippen molar-refractivity contribution in [2.75, 3.05) is 0 Å². The minimum Gasteiger partial charge on any atom is -0.184 e. The van der Waals surface area contributed by atoms with Gasteiger partial charge in [0.15, 0.2) is 0 Å². The van der Waals surface area contributed by atoms with Crippen LogP contribution in [0.2, 0.25) is 0 Å². The Bertz CT molecular complexity index is 76.7. The molecule has 0 aromatic rings. The number of hydrogen-bond donors (Lipinski definition) is 0. The first-order valence-corrected chi connectivity index (χ1v) is 1.67. The fourth-order valence-electron chi connectivity index (χ4n) is 0.0204. The van der Waals surface area contributed by atoms with Crippen LogP contribution >= 0.6 is 11.8 Å². The first-order chi connectivity index (χ1) is 2.41. The minimum atomic E-state index is 0. The zero-order valence-electron chi connectivity index (χ0n) is 2.60. The molecule has 0 bridgehead atoms. The Morgan fingerprint density at radius 1 is 1.17 bits per heavy atom. The van der Waals surface area contributed by atoms with Gasteiger partial charge in [-0.15, -0.1) is 0 Å². The maximum Gasteiger partial charge on any atom is 0.149 e. The molecule has 0 N–H and O–H groups in total. The molecule has 0 aliphatic heterocycles. The first kappa shape index (κ1) is 9.28. The number of hydrogen-bond acceptors (Lipinski definition) is 3. The fourth-order valence-corrected chi connectivity index (χ4v) is 0.0612. The summed E-state index contributed by atoms with van der Waals surface area (Å²) in [5, 5.41) is 18.3. The molecule has 0 aliphatic carbocycles. The van der Waals surface area contributed by atoms with Gasteiger partial charge in [-0.2, -0.15) is 10.5 Å². The quantitative estimate of drug-likeness (QED) is 0.374. The van der Waals surface area contributed by atoms with Crippen LogP contribution in [0.3, 0.4) is 0 Å². The molecule has 4 heteroatoms. The van der Waals surface area contributed by atoms with Crippen molar-refractivity contribution in [2.24, 2.45) is 0 Å². The predicted molar refractivity (Wildman–Crippen MR) is 18.8 cm³/mol. The normalized spacial score (nSPS) is 3.67. The Labute approximate surface area is 50.6 Å². The summed E-state index contributed by atoms with van der Waals surface area (Å²) in [4.78, 5) is 0. The van der Waals surface area contributed by atoms with Gasteiger partial charge < -0.3 is 0 Å². The molecule has 6 heavy (non-hydrogen) atoms. The molecular weight excluding hydrogens is 148 g/mol. The van der Waals surface area contributed by atoms with E-state index in [4.69, 9.17) is 10.5 Å². The topological polar surface area (TPSA) is 47.6 Å². The van der Waals surface area contributed by atoms with Crippen LogP contribution in [0, 0.1) is 21.3 Å². The summed E-state index contributed by atoms with van der Waals surface area (Å²) in [5.74, 6) is 0. The Balaban J connectivity index is 0. The van der Waals surface area contributed by atoms with Crippen molar-refractivity contribution in [3.63, 3.8) is 0 Å². The third-order valence-corrected chi connectivity index (χ3v) is 0.274. The Hall–Kier alpha value is -0.151. The van der Waals surface area contributed by atoms with Crippen LogP contribution in [-0.4, -0.2) is 0 Å². The zero-order valence-corrected chi connectivity index (χ0v) is 4.36. The van der Waals surface area contributed by atoms with Crippen molar-refractivity contribution in [2.45, 2.75) is 0 Å². The molecule has 0 atom stereocenters. The van der Waals surface area contributed by atoms with Crippen LogP contribution in [0.25, 0.3) is 0 Å². The summed E-state index contributed by atoms with van der Waals surface area (Å²) in [6, 6.07) is 0. The van der Waals surface area contributed by atoms with Gasteiger partial charge in [0.05, 0.1) is 11.8 Å². The first-order valence-electron chi connectivity index (χ1n) is 0.855. The Morgan fingerprint density at radius 2 is 1.50 bits per heavy atom. The minimum absolute atomic E-state index is 0. The fraction of sp³-hybridized carbons (Fsp3) is 0. The second-order valence-electron chi connectivity index (χ2n) is 0.285. The molecule has 0 aromatic heterocycles. The van der Waals surface area contributed by atoms with Crippen molar-refractivity contribution < 1.29 is 17.1 Å². The van der Waals surface area contributed by atoms with Gasteiger partial charge in [0.2, 0.25) is 0 Å². The van der Waals surface area contributed by atoms with Crippen LogP contribution < -0.4 is 0 Å².